The fourth-order valence-electron chi connectivity index (χ4n) is 4.57. The highest BCUT2D eigenvalue weighted by atomic mass is 32.2. The van der Waals surface area contributed by atoms with Crippen molar-refractivity contribution in [1.29, 1.82) is 0 Å². The van der Waals surface area contributed by atoms with Gasteiger partial charge in [0.15, 0.2) is 16.7 Å². The maximum absolute atomic E-state index is 13.4. The van der Waals surface area contributed by atoms with Gasteiger partial charge in [-0.15, -0.1) is 40.4 Å². The number of nitrogens with one attached hydrogen (secondary N) is 3. The summed E-state index contributed by atoms with van der Waals surface area (Å²) >= 11 is 3.42. The van der Waals surface area contributed by atoms with Crippen LogP contribution >= 0.6 is 34.9 Å². The second-order valence-electron chi connectivity index (χ2n) is 10.9. The lowest BCUT2D eigenvalue weighted by molar-refractivity contribution is -0.157. The Balaban J connectivity index is 1.27. The van der Waals surface area contributed by atoms with Gasteiger partial charge in [-0.3, -0.25) is 24.6 Å². The number of carbonyl (C=O) groups excluding carboxylic acids is 3. The third kappa shape index (κ3) is 6.20. The van der Waals surface area contributed by atoms with Crippen LogP contribution in [0.15, 0.2) is 38.7 Å². The first-order valence-electron chi connectivity index (χ1n) is 13.3. The second-order valence-corrected chi connectivity index (χ2v) is 13.9. The van der Waals surface area contributed by atoms with Crippen molar-refractivity contribution in [3.63, 3.8) is 0 Å². The fraction of sp³-hybridized carbons (Fsp3) is 0.417. The van der Waals surface area contributed by atoms with Crippen molar-refractivity contribution < 1.29 is 39.0 Å². The monoisotopic (exact) mass is 695 g/mol. The van der Waals surface area contributed by atoms with E-state index in [-0.39, 0.29) is 34.6 Å². The summed E-state index contributed by atoms with van der Waals surface area (Å²) in [5.41, 5.74) is 7.74. The summed E-state index contributed by atoms with van der Waals surface area (Å²) in [6.45, 7) is 4.37. The molecular formula is C24H29N11O8S3. The van der Waals surface area contributed by atoms with Crippen molar-refractivity contribution in [2.45, 2.75) is 37.8 Å². The normalized spacial score (nSPS) is 24.2. The predicted molar refractivity (Wildman–Crippen MR) is 167 cm³/mol. The number of carbonyl (C=O) groups is 5. The molecule has 0 aliphatic carbocycles. The third-order valence-corrected chi connectivity index (χ3v) is 10.7. The van der Waals surface area contributed by atoms with Crippen LogP contribution < -0.4 is 27.9 Å². The molecule has 2 unspecified atom stereocenters. The molecule has 0 aromatic carbocycles. The van der Waals surface area contributed by atoms with E-state index >= 15 is 0 Å². The Morgan fingerprint density at radius 1 is 1.33 bits per heavy atom. The maximum atomic E-state index is 13.4. The zero-order valence-electron chi connectivity index (χ0n) is 24.4. The molecule has 9 N–H and O–H groups in total. The SMILES string of the molecule is CC1=NC2=CN(C(=O)O)NN2C(SCC2(C(=O)O)CS[C@@H]3C(NC(=O)C(=NOC(C)(C)C(=O)NN)c4csc(N)n4)C(=O)N3C2)=C1. The number of fused-ring (bicyclic) bond motifs is 2. The molecule has 3 atom stereocenters. The van der Waals surface area contributed by atoms with Crippen LogP contribution in [0.1, 0.15) is 26.5 Å². The average molecular weight is 696 g/mol. The molecular weight excluding hydrogens is 667 g/mol. The topological polar surface area (TPSA) is 270 Å². The number of carboxylic acid groups (broad SMARTS) is 2. The number of thiazole rings is 1. The summed E-state index contributed by atoms with van der Waals surface area (Å²) < 4.78 is 0. The predicted octanol–water partition coefficient (Wildman–Crippen LogP) is -0.751. The van der Waals surface area contributed by atoms with Crippen LogP contribution in [0, 0.1) is 5.41 Å². The molecule has 0 bridgehead atoms. The molecule has 22 heteroatoms. The number of aliphatic carboxylic acids is 1. The van der Waals surface area contributed by atoms with Gasteiger partial charge in [-0.25, -0.2) is 25.6 Å². The Morgan fingerprint density at radius 2 is 2.07 bits per heavy atom. The van der Waals surface area contributed by atoms with Gasteiger partial charge < -0.3 is 31.0 Å². The van der Waals surface area contributed by atoms with E-state index in [0.717, 1.165) is 16.3 Å². The molecule has 0 saturated carbocycles. The quantitative estimate of drug-likeness (QED) is 0.0522. The first kappa shape index (κ1) is 33.0. The summed E-state index contributed by atoms with van der Waals surface area (Å²) in [6, 6.07) is -0.998. The molecule has 19 nitrogen and oxygen atoms in total. The number of hydrogen-bond acceptors (Lipinski definition) is 16. The first-order chi connectivity index (χ1) is 21.7. The lowest BCUT2D eigenvalue weighted by Crippen LogP contribution is -2.74. The van der Waals surface area contributed by atoms with Gasteiger partial charge in [0.1, 0.15) is 22.5 Å². The van der Waals surface area contributed by atoms with Gasteiger partial charge in [0.05, 0.1) is 11.2 Å². The number of aromatic nitrogens is 1. The number of anilines is 1. The van der Waals surface area contributed by atoms with Crippen molar-refractivity contribution >= 4 is 81.2 Å². The Morgan fingerprint density at radius 3 is 2.70 bits per heavy atom. The Kier molecular flexibility index (Phi) is 8.92. The number of carboxylic acids is 1. The fourth-order valence-corrected chi connectivity index (χ4v) is 8.04. The van der Waals surface area contributed by atoms with E-state index in [4.69, 9.17) is 16.4 Å². The smallest absolute Gasteiger partial charge is 0.427 e. The minimum atomic E-state index is -1.56. The minimum Gasteiger partial charge on any atom is -0.481 e. The largest absolute Gasteiger partial charge is 0.481 e. The standard InChI is InChI=1S/C24H29N11O8S3/c1-10-4-13(35-12(27-10)5-34(32-35)22(41)42)45-8-24(20(39)40)7-33-17(37)15(18(33)46-9-24)29-16(36)14(11-6-44-21(25)28-11)31-43-23(2,3)19(38)30-26/h4-6,15,18,32H,7-9,26H2,1-3H3,(H2,25,28)(H,29,36)(H,30,38)(H,39,40)(H,41,42)/t15?,18-,24?/m1/s1. The van der Waals surface area contributed by atoms with Crippen molar-refractivity contribution in [2.24, 2.45) is 21.4 Å². The van der Waals surface area contributed by atoms with Gasteiger partial charge in [0.2, 0.25) is 11.5 Å². The second kappa shape index (κ2) is 12.4. The van der Waals surface area contributed by atoms with E-state index in [1.54, 1.807) is 13.0 Å². The molecule has 0 spiro atoms. The number of oxime groups is 1. The van der Waals surface area contributed by atoms with Gasteiger partial charge in [-0.05, 0) is 26.8 Å². The molecule has 4 aliphatic heterocycles. The minimum absolute atomic E-state index is 0.0477. The Bertz CT molecular complexity index is 1620. The number of rotatable bonds is 10. The summed E-state index contributed by atoms with van der Waals surface area (Å²) in [7, 11) is 0. The number of amides is 4. The number of aliphatic imine (C=N–C) groups is 1. The number of hydrazine groups is 3. The van der Waals surface area contributed by atoms with Gasteiger partial charge in [-0.1, -0.05) is 5.16 Å². The van der Waals surface area contributed by atoms with E-state index in [9.17, 15) is 34.2 Å². The molecule has 0 radical (unpaired) electrons. The molecule has 4 aliphatic rings. The number of nitrogens with two attached hydrogens (primary N) is 2. The van der Waals surface area contributed by atoms with Crippen molar-refractivity contribution in [2.75, 3.05) is 23.8 Å². The summed E-state index contributed by atoms with van der Waals surface area (Å²) in [5, 5.41) is 29.9. The third-order valence-electron chi connectivity index (χ3n) is 7.14. The number of thioether (sulfide) groups is 2. The lowest BCUT2D eigenvalue weighted by Gasteiger charge is -2.53. The summed E-state index contributed by atoms with van der Waals surface area (Å²) in [4.78, 5) is 77.8. The highest BCUT2D eigenvalue weighted by molar-refractivity contribution is 8.03. The number of hydrogen-bond donors (Lipinski definition) is 7. The molecule has 246 valence electrons. The van der Waals surface area contributed by atoms with Gasteiger partial charge in [-0.2, -0.15) is 5.01 Å². The van der Waals surface area contributed by atoms with Crippen LogP contribution in [-0.2, 0) is 24.0 Å². The van der Waals surface area contributed by atoms with E-state index in [2.05, 4.69) is 26.0 Å². The van der Waals surface area contributed by atoms with Gasteiger partial charge >= 0.3 is 12.1 Å². The molecule has 5 rings (SSSR count). The number of allylic oxidation sites excluding steroid dienone is 1. The molecule has 2 fully saturated rings. The zero-order chi connectivity index (χ0) is 33.6. The van der Waals surface area contributed by atoms with E-state index in [1.165, 1.54) is 58.9 Å². The van der Waals surface area contributed by atoms with Crippen LogP contribution in [-0.4, -0.2) is 106 Å². The Labute approximate surface area is 273 Å². The molecule has 5 heterocycles. The van der Waals surface area contributed by atoms with Crippen molar-refractivity contribution in [1.82, 2.24) is 36.2 Å². The lowest BCUT2D eigenvalue weighted by atomic mass is 9.89. The molecule has 1 aromatic rings. The summed E-state index contributed by atoms with van der Waals surface area (Å²) in [6.07, 6.45) is 1.74. The highest BCUT2D eigenvalue weighted by Crippen LogP contribution is 2.45. The van der Waals surface area contributed by atoms with Crippen LogP contribution in [0.3, 0.4) is 0 Å². The highest BCUT2D eigenvalue weighted by Gasteiger charge is 2.58. The van der Waals surface area contributed by atoms with Gasteiger partial charge in [0.25, 0.3) is 11.8 Å². The first-order valence-corrected chi connectivity index (χ1v) is 16.2. The van der Waals surface area contributed by atoms with Crippen LogP contribution in [0.5, 0.6) is 0 Å². The average Bonchev–Trinajstić information content (AvgIpc) is 3.64. The summed E-state index contributed by atoms with van der Waals surface area (Å²) in [5.74, 6) is 2.54. The van der Waals surface area contributed by atoms with E-state index < -0.39 is 52.2 Å². The molecule has 1 aromatic heterocycles. The van der Waals surface area contributed by atoms with E-state index in [1.807, 2.05) is 5.43 Å². The van der Waals surface area contributed by atoms with Crippen LogP contribution in [0.2, 0.25) is 0 Å². The number of nitrogens with zero attached hydrogens (tertiary/aromatic N) is 6. The van der Waals surface area contributed by atoms with Crippen LogP contribution in [0.25, 0.3) is 0 Å². The molecule has 4 amide bonds. The zero-order valence-corrected chi connectivity index (χ0v) is 26.9. The molecule has 46 heavy (non-hydrogen) atoms. The van der Waals surface area contributed by atoms with E-state index in [0.29, 0.717) is 16.6 Å². The maximum Gasteiger partial charge on any atom is 0.427 e. The Hall–Kier alpha value is -4.38. The van der Waals surface area contributed by atoms with Crippen molar-refractivity contribution in [3.05, 3.63) is 34.2 Å². The molecule has 2 saturated heterocycles. The van der Waals surface area contributed by atoms with Crippen LogP contribution in [0.4, 0.5) is 9.93 Å². The van der Waals surface area contributed by atoms with Gasteiger partial charge in [0, 0.05) is 29.1 Å². The number of β-lactam (4-membered cyclic amide) rings is 1. The van der Waals surface area contributed by atoms with Crippen molar-refractivity contribution in [3.8, 4) is 0 Å². The number of nitrogen functional groups attached to an aromatic ring is 1.